The molecule has 0 aliphatic heterocycles. The number of carbonyl (C=O) groups is 2. The normalized spacial score (nSPS) is 11.6. The number of halogens is 2. The summed E-state index contributed by atoms with van der Waals surface area (Å²) >= 11 is 6.43. The summed E-state index contributed by atoms with van der Waals surface area (Å²) in [5.74, 6) is -0.940. The molecule has 8 heteroatoms. The van der Waals surface area contributed by atoms with Crippen molar-refractivity contribution in [1.29, 1.82) is 0 Å². The predicted molar refractivity (Wildman–Crippen MR) is 181 cm³/mol. The van der Waals surface area contributed by atoms with Gasteiger partial charge in [-0.3, -0.25) is 9.59 Å². The van der Waals surface area contributed by atoms with Crippen LogP contribution in [0.4, 0.5) is 8.78 Å². The van der Waals surface area contributed by atoms with E-state index in [0.717, 1.165) is 20.9 Å². The highest BCUT2D eigenvalue weighted by atomic mass is 32.1. The Bertz CT molecular complexity index is 2220. The molecule has 0 saturated carbocycles. The van der Waals surface area contributed by atoms with Crippen molar-refractivity contribution in [3.8, 4) is 20.9 Å². The standard InChI is InChI=1S/C36H18F2O2S4/c37-23-7-1-19(2-8-23)33(39)29-15-13-27(41-29)21-5-11-25-31(17-21)43-36-26-12-6-22(18-32(26)44-35(25)36)28-14-16-30(42-28)34(40)20-3-9-24(38)10-4-20/h1-18H. The van der Waals surface area contributed by atoms with Gasteiger partial charge in [0.05, 0.1) is 19.2 Å². The fourth-order valence-electron chi connectivity index (χ4n) is 5.28. The molecule has 0 aliphatic carbocycles. The van der Waals surface area contributed by atoms with Gasteiger partial charge in [-0.1, -0.05) is 24.3 Å². The summed E-state index contributed by atoms with van der Waals surface area (Å²) in [5.41, 5.74) is 3.07. The molecule has 0 unspecified atom stereocenters. The van der Waals surface area contributed by atoms with E-state index in [4.69, 9.17) is 0 Å². The maximum absolute atomic E-state index is 13.3. The van der Waals surface area contributed by atoms with Crippen LogP contribution in [-0.4, -0.2) is 11.6 Å². The van der Waals surface area contributed by atoms with Crippen molar-refractivity contribution < 1.29 is 18.4 Å². The molecule has 8 rings (SSSR count). The molecule has 4 heterocycles. The second-order valence-electron chi connectivity index (χ2n) is 10.3. The molecular weight excluding hydrogens is 631 g/mol. The molecule has 4 aromatic heterocycles. The van der Waals surface area contributed by atoms with Gasteiger partial charge < -0.3 is 0 Å². The minimum Gasteiger partial charge on any atom is -0.288 e. The summed E-state index contributed by atoms with van der Waals surface area (Å²) in [5, 5.41) is 2.41. The monoisotopic (exact) mass is 648 g/mol. The smallest absolute Gasteiger partial charge is 0.202 e. The molecule has 0 saturated heterocycles. The summed E-state index contributed by atoms with van der Waals surface area (Å²) in [7, 11) is 0. The van der Waals surface area contributed by atoms with Crippen LogP contribution in [0, 0.1) is 11.6 Å². The summed E-state index contributed by atoms with van der Waals surface area (Å²) < 4.78 is 31.5. The van der Waals surface area contributed by atoms with E-state index in [0.29, 0.717) is 20.9 Å². The first kappa shape index (κ1) is 27.2. The molecule has 0 fully saturated rings. The second kappa shape index (κ2) is 10.7. The van der Waals surface area contributed by atoms with Crippen LogP contribution in [0.3, 0.4) is 0 Å². The highest BCUT2D eigenvalue weighted by molar-refractivity contribution is 7.36. The summed E-state index contributed by atoms with van der Waals surface area (Å²) in [6.07, 6.45) is 0. The van der Waals surface area contributed by atoms with Crippen LogP contribution in [0.25, 0.3) is 50.5 Å². The average molecular weight is 649 g/mol. The van der Waals surface area contributed by atoms with Crippen molar-refractivity contribution in [1.82, 2.24) is 0 Å². The third kappa shape index (κ3) is 4.71. The molecule has 0 amide bonds. The van der Waals surface area contributed by atoms with E-state index in [1.165, 1.54) is 101 Å². The third-order valence-corrected chi connectivity index (χ3v) is 12.3. The first-order chi connectivity index (χ1) is 21.4. The number of ketones is 2. The van der Waals surface area contributed by atoms with Gasteiger partial charge in [-0.2, -0.15) is 0 Å². The van der Waals surface area contributed by atoms with E-state index in [2.05, 4.69) is 36.4 Å². The topological polar surface area (TPSA) is 34.1 Å². The lowest BCUT2D eigenvalue weighted by Crippen LogP contribution is -1.97. The van der Waals surface area contributed by atoms with E-state index >= 15 is 0 Å². The molecular formula is C36H18F2O2S4. The van der Waals surface area contributed by atoms with Crippen LogP contribution in [0.15, 0.2) is 109 Å². The number of carbonyl (C=O) groups excluding carboxylic acids is 2. The van der Waals surface area contributed by atoms with Crippen LogP contribution in [-0.2, 0) is 0 Å². The van der Waals surface area contributed by atoms with Crippen molar-refractivity contribution in [3.63, 3.8) is 0 Å². The number of hydrogen-bond acceptors (Lipinski definition) is 6. The van der Waals surface area contributed by atoms with Crippen molar-refractivity contribution in [3.05, 3.63) is 142 Å². The van der Waals surface area contributed by atoms with Crippen LogP contribution in [0.2, 0.25) is 0 Å². The molecule has 0 aliphatic rings. The highest BCUT2D eigenvalue weighted by Crippen LogP contribution is 2.46. The Hall–Kier alpha value is -4.34. The molecule has 0 atom stereocenters. The Morgan fingerprint density at radius 2 is 0.864 bits per heavy atom. The van der Waals surface area contributed by atoms with E-state index in [9.17, 15) is 18.4 Å². The quantitative estimate of drug-likeness (QED) is 0.168. The minimum atomic E-state index is -0.362. The first-order valence-corrected chi connectivity index (χ1v) is 16.9. The maximum Gasteiger partial charge on any atom is 0.202 e. The van der Waals surface area contributed by atoms with Gasteiger partial charge in [0.1, 0.15) is 11.6 Å². The Labute approximate surface area is 266 Å². The highest BCUT2D eigenvalue weighted by Gasteiger charge is 2.17. The number of hydrogen-bond donors (Lipinski definition) is 0. The lowest BCUT2D eigenvalue weighted by atomic mass is 10.1. The Morgan fingerprint density at radius 1 is 0.455 bits per heavy atom. The zero-order chi connectivity index (χ0) is 29.9. The Morgan fingerprint density at radius 3 is 1.27 bits per heavy atom. The largest absolute Gasteiger partial charge is 0.288 e. The molecule has 2 nitrogen and oxygen atoms in total. The number of thiophene rings is 4. The second-order valence-corrected chi connectivity index (χ2v) is 14.6. The Balaban J connectivity index is 1.09. The lowest BCUT2D eigenvalue weighted by molar-refractivity contribution is 0.103. The Kier molecular flexibility index (Phi) is 6.61. The van der Waals surface area contributed by atoms with Crippen molar-refractivity contribution in [2.75, 3.05) is 0 Å². The van der Waals surface area contributed by atoms with E-state index < -0.39 is 0 Å². The zero-order valence-electron chi connectivity index (χ0n) is 22.6. The van der Waals surface area contributed by atoms with Crippen LogP contribution in [0.5, 0.6) is 0 Å². The van der Waals surface area contributed by atoms with E-state index in [-0.39, 0.29) is 23.2 Å². The molecule has 44 heavy (non-hydrogen) atoms. The van der Waals surface area contributed by atoms with Gasteiger partial charge in [0.2, 0.25) is 11.6 Å². The van der Waals surface area contributed by atoms with E-state index in [1.807, 2.05) is 24.3 Å². The number of benzene rings is 4. The van der Waals surface area contributed by atoms with Gasteiger partial charge in [0, 0.05) is 41.1 Å². The van der Waals surface area contributed by atoms with Gasteiger partial charge in [0.15, 0.2) is 0 Å². The molecule has 212 valence electrons. The van der Waals surface area contributed by atoms with Crippen molar-refractivity contribution >= 4 is 86.5 Å². The third-order valence-electron chi connectivity index (χ3n) is 7.52. The molecule has 0 radical (unpaired) electrons. The lowest BCUT2D eigenvalue weighted by Gasteiger charge is -2.00. The number of rotatable bonds is 6. The van der Waals surface area contributed by atoms with E-state index in [1.54, 1.807) is 22.7 Å². The SMILES string of the molecule is O=C(c1ccc(F)cc1)c1ccc(-c2ccc3c(c2)sc2c4ccc(-c5ccc(C(=O)c6ccc(F)cc6)s5)cc4sc32)s1. The van der Waals surface area contributed by atoms with Crippen LogP contribution in [0.1, 0.15) is 30.5 Å². The summed E-state index contributed by atoms with van der Waals surface area (Å²) in [4.78, 5) is 29.1. The first-order valence-electron chi connectivity index (χ1n) is 13.6. The molecule has 8 aromatic rings. The van der Waals surface area contributed by atoms with Crippen LogP contribution < -0.4 is 0 Å². The van der Waals surface area contributed by atoms with Gasteiger partial charge >= 0.3 is 0 Å². The minimum absolute atomic E-state index is 0.108. The van der Waals surface area contributed by atoms with Gasteiger partial charge in [-0.15, -0.1) is 45.3 Å². The predicted octanol–water partition coefficient (Wildman–Crippen LogP) is 11.5. The number of fused-ring (bicyclic) bond motifs is 5. The molecule has 0 N–H and O–H groups in total. The fourth-order valence-corrected chi connectivity index (χ4v) is 9.94. The van der Waals surface area contributed by atoms with Crippen LogP contribution >= 0.6 is 45.3 Å². The van der Waals surface area contributed by atoms with Crippen molar-refractivity contribution in [2.24, 2.45) is 0 Å². The zero-order valence-corrected chi connectivity index (χ0v) is 25.9. The van der Waals surface area contributed by atoms with Gasteiger partial charge in [-0.25, -0.2) is 8.78 Å². The summed E-state index contributed by atoms with van der Waals surface area (Å²) in [6.45, 7) is 0. The fraction of sp³-hybridized carbons (Fsp3) is 0. The summed E-state index contributed by atoms with van der Waals surface area (Å²) in [6, 6.07) is 31.8. The van der Waals surface area contributed by atoms with Crippen molar-refractivity contribution in [2.45, 2.75) is 0 Å². The van der Waals surface area contributed by atoms with Gasteiger partial charge in [-0.05, 0) is 96.1 Å². The average Bonchev–Trinajstić information content (AvgIpc) is 3.84. The molecule has 4 aromatic carbocycles. The molecule has 0 bridgehead atoms. The molecule has 0 spiro atoms. The maximum atomic E-state index is 13.3. The van der Waals surface area contributed by atoms with Gasteiger partial charge in [0.25, 0.3) is 0 Å².